The summed E-state index contributed by atoms with van der Waals surface area (Å²) in [7, 11) is 1.44. The number of carbonyl (C=O) groups excluding carboxylic acids is 2. The summed E-state index contributed by atoms with van der Waals surface area (Å²) in [6.07, 6.45) is -0.235. The summed E-state index contributed by atoms with van der Waals surface area (Å²) in [4.78, 5) is 54.8. The molecule has 0 aliphatic heterocycles. The van der Waals surface area contributed by atoms with Crippen molar-refractivity contribution in [2.24, 2.45) is 11.5 Å². The van der Waals surface area contributed by atoms with Gasteiger partial charge in [-0.3, -0.25) is 29.4 Å². The molecule has 0 heterocycles. The summed E-state index contributed by atoms with van der Waals surface area (Å²) in [6, 6.07) is -2.15. The molecule has 0 radical (unpaired) electrons. The lowest BCUT2D eigenvalue weighted by molar-refractivity contribution is -0.139. The van der Waals surface area contributed by atoms with Crippen LogP contribution in [0.2, 0.25) is 0 Å². The summed E-state index contributed by atoms with van der Waals surface area (Å²) in [5.74, 6) is -4.94. The first-order valence-electron chi connectivity index (χ1n) is 7.96. The third-order valence-corrected chi connectivity index (χ3v) is 3.40. The molecule has 0 aromatic heterocycles. The van der Waals surface area contributed by atoms with Crippen LogP contribution in [0.4, 0.5) is 0 Å². The fourth-order valence-electron chi connectivity index (χ4n) is 1.44. The first-order chi connectivity index (χ1) is 13.3. The average Bonchev–Trinajstić information content (AvgIpc) is 2.61. The van der Waals surface area contributed by atoms with Gasteiger partial charge >= 0.3 is 17.9 Å². The number of thiol groups is 1. The molecule has 0 aliphatic carbocycles. The molecular formula is C14H26N6O8S. The summed E-state index contributed by atoms with van der Waals surface area (Å²) in [5, 5.41) is 36.2. The van der Waals surface area contributed by atoms with Crippen LogP contribution in [0, 0.1) is 5.41 Å². The number of guanidine groups is 1. The van der Waals surface area contributed by atoms with Gasteiger partial charge in [0.2, 0.25) is 11.8 Å². The molecule has 29 heavy (non-hydrogen) atoms. The van der Waals surface area contributed by atoms with E-state index in [1.807, 2.05) is 0 Å². The van der Waals surface area contributed by atoms with Crippen molar-refractivity contribution in [3.05, 3.63) is 0 Å². The number of aliphatic carboxylic acids is 3. The summed E-state index contributed by atoms with van der Waals surface area (Å²) in [5.41, 5.74) is 10.2. The predicted molar refractivity (Wildman–Crippen MR) is 103 cm³/mol. The van der Waals surface area contributed by atoms with Gasteiger partial charge in [-0.25, -0.2) is 0 Å². The van der Waals surface area contributed by atoms with Gasteiger partial charge in [-0.15, -0.1) is 0 Å². The summed E-state index contributed by atoms with van der Waals surface area (Å²) in [6.45, 7) is -0.793. The number of nitrogens with two attached hydrogens (primary N) is 2. The average molecular weight is 438 g/mol. The van der Waals surface area contributed by atoms with E-state index in [9.17, 15) is 24.0 Å². The number of nitrogens with zero attached hydrogens (tertiary/aromatic N) is 1. The molecule has 0 aromatic carbocycles. The molecule has 0 aliphatic rings. The lowest BCUT2D eigenvalue weighted by atomic mass is 10.1. The first kappa shape index (κ1) is 28.1. The molecule has 15 heteroatoms. The Morgan fingerprint density at radius 1 is 1.14 bits per heavy atom. The van der Waals surface area contributed by atoms with Crippen LogP contribution in [0.15, 0.2) is 0 Å². The highest BCUT2D eigenvalue weighted by molar-refractivity contribution is 7.80. The van der Waals surface area contributed by atoms with Gasteiger partial charge in [0, 0.05) is 19.2 Å². The molecule has 0 bridgehead atoms. The number of carboxylic acid groups (broad SMARTS) is 3. The Morgan fingerprint density at radius 3 is 2.03 bits per heavy atom. The Kier molecular flexibility index (Phi) is 14.5. The molecule has 2 amide bonds. The van der Waals surface area contributed by atoms with Gasteiger partial charge in [-0.2, -0.15) is 12.6 Å². The fourth-order valence-corrected chi connectivity index (χ4v) is 1.70. The number of carbonyl (C=O) groups is 5. The largest absolute Gasteiger partial charge is 0.480 e. The molecule has 10 N–H and O–H groups in total. The Bertz CT molecular complexity index is 617. The number of nitrogens with one attached hydrogen (secondary N) is 3. The molecule has 0 saturated heterocycles. The lowest BCUT2D eigenvalue weighted by Crippen LogP contribution is -2.49. The zero-order valence-electron chi connectivity index (χ0n) is 15.6. The Hall–Kier alpha value is -3.07. The van der Waals surface area contributed by atoms with Crippen molar-refractivity contribution < 1.29 is 39.3 Å². The summed E-state index contributed by atoms with van der Waals surface area (Å²) >= 11 is 3.87. The van der Waals surface area contributed by atoms with Crippen LogP contribution in [0.1, 0.15) is 12.8 Å². The van der Waals surface area contributed by atoms with Crippen molar-refractivity contribution in [1.82, 2.24) is 15.5 Å². The van der Waals surface area contributed by atoms with Crippen LogP contribution in [0.3, 0.4) is 0 Å². The molecule has 166 valence electrons. The number of hydrogen-bond donors (Lipinski definition) is 9. The molecule has 0 spiro atoms. The first-order valence-corrected chi connectivity index (χ1v) is 8.60. The highest BCUT2D eigenvalue weighted by Gasteiger charge is 2.20. The number of amides is 2. The van der Waals surface area contributed by atoms with E-state index in [-0.39, 0.29) is 31.1 Å². The third kappa shape index (κ3) is 15.7. The van der Waals surface area contributed by atoms with Crippen molar-refractivity contribution in [3.8, 4) is 0 Å². The zero-order chi connectivity index (χ0) is 23.1. The highest BCUT2D eigenvalue weighted by atomic mass is 32.1. The maximum Gasteiger partial charge on any atom is 0.323 e. The summed E-state index contributed by atoms with van der Waals surface area (Å²) < 4.78 is 0. The van der Waals surface area contributed by atoms with Crippen molar-refractivity contribution in [1.29, 1.82) is 5.41 Å². The van der Waals surface area contributed by atoms with Crippen LogP contribution < -0.4 is 22.1 Å². The predicted octanol–water partition coefficient (Wildman–Crippen LogP) is -3.31. The molecule has 2 atom stereocenters. The topological polar surface area (TPSA) is 249 Å². The highest BCUT2D eigenvalue weighted by Crippen LogP contribution is 1.97. The fraction of sp³-hybridized carbons (Fsp3) is 0.571. The number of carboxylic acids is 3. The maximum absolute atomic E-state index is 11.5. The van der Waals surface area contributed by atoms with E-state index in [4.69, 9.17) is 32.2 Å². The second kappa shape index (κ2) is 14.9. The van der Waals surface area contributed by atoms with E-state index in [0.29, 0.717) is 0 Å². The SMILES string of the molecule is CN(CC(=O)O)C(=N)N.NC(CCC(=O)NC(CS)C(=O)NCC(=O)O)C(=O)O. The van der Waals surface area contributed by atoms with Gasteiger partial charge < -0.3 is 42.3 Å². The number of likely N-dealkylation sites (N-methyl/N-ethyl adjacent to an activating group) is 1. The molecule has 2 unspecified atom stereocenters. The molecule has 0 fully saturated rings. The smallest absolute Gasteiger partial charge is 0.323 e. The van der Waals surface area contributed by atoms with Crippen molar-refractivity contribution in [2.75, 3.05) is 25.9 Å². The minimum atomic E-state index is -1.22. The Labute approximate surface area is 171 Å². The number of rotatable bonds is 11. The normalized spacial score (nSPS) is 11.7. The van der Waals surface area contributed by atoms with Gasteiger partial charge in [0.15, 0.2) is 5.96 Å². The molecule has 0 aromatic rings. The van der Waals surface area contributed by atoms with Gasteiger partial charge in [0.25, 0.3) is 0 Å². The van der Waals surface area contributed by atoms with Crippen LogP contribution in [0.5, 0.6) is 0 Å². The van der Waals surface area contributed by atoms with Crippen molar-refractivity contribution >= 4 is 48.3 Å². The second-order valence-electron chi connectivity index (χ2n) is 5.53. The second-order valence-corrected chi connectivity index (χ2v) is 5.90. The standard InChI is InChI=1S/C10H17N3O6S.C4H9N3O2/c11-5(10(18)19)1-2-7(14)13-6(4-20)9(17)12-3-8(15)16;1-7(4(5)6)2-3(8)9/h5-6,20H,1-4,11H2,(H,12,17)(H,13,14)(H,15,16)(H,18,19);2H2,1H3,(H3,5,6)(H,8,9). The Morgan fingerprint density at radius 2 is 1.69 bits per heavy atom. The maximum atomic E-state index is 11.5. The van der Waals surface area contributed by atoms with Crippen LogP contribution in [0.25, 0.3) is 0 Å². The Balaban J connectivity index is 0. The number of hydrogen-bond acceptors (Lipinski definition) is 8. The minimum absolute atomic E-state index is 0.0256. The van der Waals surface area contributed by atoms with E-state index >= 15 is 0 Å². The molecule has 0 saturated carbocycles. The van der Waals surface area contributed by atoms with Crippen LogP contribution in [-0.2, 0) is 24.0 Å². The minimum Gasteiger partial charge on any atom is -0.480 e. The van der Waals surface area contributed by atoms with E-state index < -0.39 is 48.4 Å². The van der Waals surface area contributed by atoms with Gasteiger partial charge in [0.1, 0.15) is 25.2 Å². The van der Waals surface area contributed by atoms with E-state index in [0.717, 1.165) is 4.90 Å². The molecule has 14 nitrogen and oxygen atoms in total. The third-order valence-electron chi connectivity index (χ3n) is 3.03. The van der Waals surface area contributed by atoms with Crippen molar-refractivity contribution in [2.45, 2.75) is 24.9 Å². The van der Waals surface area contributed by atoms with Gasteiger partial charge in [-0.05, 0) is 6.42 Å². The lowest BCUT2D eigenvalue weighted by Gasteiger charge is -2.16. The van der Waals surface area contributed by atoms with E-state index in [1.54, 1.807) is 0 Å². The van der Waals surface area contributed by atoms with Gasteiger partial charge in [0.05, 0.1) is 0 Å². The van der Waals surface area contributed by atoms with E-state index in [2.05, 4.69) is 23.3 Å². The van der Waals surface area contributed by atoms with Crippen LogP contribution >= 0.6 is 12.6 Å². The van der Waals surface area contributed by atoms with E-state index in [1.165, 1.54) is 7.05 Å². The van der Waals surface area contributed by atoms with Crippen molar-refractivity contribution in [3.63, 3.8) is 0 Å². The molecule has 0 rings (SSSR count). The zero-order valence-corrected chi connectivity index (χ0v) is 16.5. The quantitative estimate of drug-likeness (QED) is 0.0877. The van der Waals surface area contributed by atoms with Crippen LogP contribution in [-0.4, -0.2) is 93.9 Å². The molecular weight excluding hydrogens is 412 g/mol. The monoisotopic (exact) mass is 438 g/mol. The van der Waals surface area contributed by atoms with Gasteiger partial charge in [-0.1, -0.05) is 0 Å².